The Kier molecular flexibility index (Phi) is 67.0. The molecule has 5 atom stereocenters. The average molecular weight is 1400 g/mol. The van der Waals surface area contributed by atoms with Crippen LogP contribution in [0.4, 0.5) is 0 Å². The van der Waals surface area contributed by atoms with Gasteiger partial charge in [0.05, 0.1) is 26.4 Å². The number of phosphoric ester groups is 2. The zero-order valence-corrected chi connectivity index (χ0v) is 62.3. The van der Waals surface area contributed by atoms with Crippen LogP contribution in [0.5, 0.6) is 0 Å². The normalized spacial score (nSPS) is 14.4. The van der Waals surface area contributed by atoms with Gasteiger partial charge in [0, 0.05) is 25.7 Å². The Morgan fingerprint density at radius 2 is 0.573 bits per heavy atom. The number of allylic oxidation sites excluding steroid dienone is 14. The van der Waals surface area contributed by atoms with E-state index >= 15 is 0 Å². The van der Waals surface area contributed by atoms with E-state index in [1.807, 2.05) is 0 Å². The van der Waals surface area contributed by atoms with Gasteiger partial charge in [-0.2, -0.15) is 0 Å². The first-order valence-corrected chi connectivity index (χ1v) is 40.8. The summed E-state index contributed by atoms with van der Waals surface area (Å²) in [6.45, 7) is 4.64. The van der Waals surface area contributed by atoms with Crippen LogP contribution < -0.4 is 0 Å². The molecule has 17 nitrogen and oxygen atoms in total. The highest BCUT2D eigenvalue weighted by Crippen LogP contribution is 2.45. The number of hydrogen-bond donors (Lipinski definition) is 3. The van der Waals surface area contributed by atoms with Crippen molar-refractivity contribution < 1.29 is 80.2 Å². The van der Waals surface area contributed by atoms with Crippen molar-refractivity contribution in [2.75, 3.05) is 39.6 Å². The number of carbonyl (C=O) groups excluding carboxylic acids is 4. The van der Waals surface area contributed by atoms with Crippen LogP contribution in [0.1, 0.15) is 323 Å². The van der Waals surface area contributed by atoms with Crippen molar-refractivity contribution in [2.45, 2.75) is 341 Å². The molecule has 0 radical (unpaired) electrons. The Morgan fingerprint density at radius 3 is 0.917 bits per heavy atom. The molecule has 3 N–H and O–H groups in total. The summed E-state index contributed by atoms with van der Waals surface area (Å²) in [7, 11) is -9.94. The van der Waals surface area contributed by atoms with Crippen molar-refractivity contribution in [2.24, 2.45) is 0 Å². The van der Waals surface area contributed by atoms with Crippen molar-refractivity contribution in [1.82, 2.24) is 0 Å². The second kappa shape index (κ2) is 69.7. The number of esters is 4. The molecule has 0 spiro atoms. The van der Waals surface area contributed by atoms with Crippen molar-refractivity contribution >= 4 is 39.5 Å². The molecule has 0 saturated heterocycles. The Morgan fingerprint density at radius 1 is 0.302 bits per heavy atom. The van der Waals surface area contributed by atoms with Crippen LogP contribution in [-0.4, -0.2) is 96.7 Å². The van der Waals surface area contributed by atoms with E-state index in [1.54, 1.807) is 0 Å². The van der Waals surface area contributed by atoms with E-state index in [2.05, 4.69) is 113 Å². The van der Waals surface area contributed by atoms with E-state index in [4.69, 9.17) is 37.0 Å². The first-order valence-electron chi connectivity index (χ1n) is 37.8. The maximum Gasteiger partial charge on any atom is 0.472 e. The SMILES string of the molecule is CC/C=C\C/C=C\C/C=C\C/C=C\CCCCCCCCC(=O)OCC(COP(=O)(O)OCC(O)COP(=O)(O)OCC(COC(=O)CCCCCCCCCCCCCCC)OC(=O)CCCCCCC/C=C\CCCC)OC(=O)CCCCCCC/C=C\C/C=C\CCC. The molecule has 0 aromatic carbocycles. The van der Waals surface area contributed by atoms with Crippen LogP contribution in [0.3, 0.4) is 0 Å². The quantitative estimate of drug-likeness (QED) is 0.0169. The maximum atomic E-state index is 13.1. The largest absolute Gasteiger partial charge is 0.472 e. The van der Waals surface area contributed by atoms with E-state index in [9.17, 15) is 43.2 Å². The molecule has 556 valence electrons. The average Bonchev–Trinajstić information content (AvgIpc) is 1.17. The standard InChI is InChI=1S/C77H136O17P2/c1-5-9-13-17-21-25-29-32-33-34-35-36-37-40-43-46-50-54-58-62-75(80)88-68-73(94-77(82)64-60-56-52-48-44-39-31-27-23-19-15-11-7-3)70-92-96(85,86)90-66-71(78)65-89-95(83,84)91-69-72(93-76(81)63-59-55-51-47-41-28-24-20-16-12-8-4)67-87-74(79)61-57-53-49-45-42-38-30-26-22-18-14-10-6-2/h9,13,15,19-21,24-25,27,31-33,35-36,71-73,78H,5-8,10-12,14,16-18,22-23,26,28-30,34,37-70H2,1-4H3,(H,83,84)(H,85,86)/b13-9-,19-15-,24-20-,25-21-,31-27-,33-32-,36-35-. The van der Waals surface area contributed by atoms with Gasteiger partial charge in [-0.25, -0.2) is 9.13 Å². The number of rotatable bonds is 71. The van der Waals surface area contributed by atoms with Crippen molar-refractivity contribution in [3.05, 3.63) is 85.1 Å². The van der Waals surface area contributed by atoms with Gasteiger partial charge < -0.3 is 33.8 Å². The van der Waals surface area contributed by atoms with Gasteiger partial charge in [0.15, 0.2) is 12.2 Å². The molecule has 0 aliphatic carbocycles. The summed E-state index contributed by atoms with van der Waals surface area (Å²) in [5.41, 5.74) is 0. The fourth-order valence-corrected chi connectivity index (χ4v) is 11.6. The number of ether oxygens (including phenoxy) is 4. The Labute approximate surface area is 583 Å². The minimum absolute atomic E-state index is 0.0760. The van der Waals surface area contributed by atoms with Crippen LogP contribution in [0, 0.1) is 0 Å². The van der Waals surface area contributed by atoms with E-state index in [0.29, 0.717) is 25.7 Å². The third kappa shape index (κ3) is 68.8. The summed E-state index contributed by atoms with van der Waals surface area (Å²) in [4.78, 5) is 72.7. The summed E-state index contributed by atoms with van der Waals surface area (Å²) in [6.07, 6.45) is 70.1. The Bertz CT molecular complexity index is 2160. The molecule has 0 fully saturated rings. The molecule has 0 aromatic rings. The Hall–Kier alpha value is -3.76. The summed E-state index contributed by atoms with van der Waals surface area (Å²) in [5.74, 6) is -2.20. The van der Waals surface area contributed by atoms with Crippen LogP contribution in [0.2, 0.25) is 0 Å². The highest BCUT2D eigenvalue weighted by Gasteiger charge is 2.30. The number of carbonyl (C=O) groups is 4. The van der Waals surface area contributed by atoms with Gasteiger partial charge in [-0.15, -0.1) is 0 Å². The summed E-state index contributed by atoms with van der Waals surface area (Å²) >= 11 is 0. The van der Waals surface area contributed by atoms with Gasteiger partial charge in [0.1, 0.15) is 19.3 Å². The molecule has 0 amide bonds. The molecule has 0 saturated carbocycles. The molecule has 96 heavy (non-hydrogen) atoms. The van der Waals surface area contributed by atoms with E-state index in [0.717, 1.165) is 173 Å². The van der Waals surface area contributed by atoms with Crippen LogP contribution in [-0.2, 0) is 65.4 Å². The number of hydrogen-bond acceptors (Lipinski definition) is 15. The lowest BCUT2D eigenvalue weighted by Crippen LogP contribution is -2.30. The lowest BCUT2D eigenvalue weighted by molar-refractivity contribution is -0.161. The molecule has 0 rings (SSSR count). The first kappa shape index (κ1) is 92.2. The van der Waals surface area contributed by atoms with E-state index < -0.39 is 97.5 Å². The molecule has 0 aliphatic heterocycles. The summed E-state index contributed by atoms with van der Waals surface area (Å²) < 4.78 is 68.4. The zero-order chi connectivity index (χ0) is 70.4. The first-order chi connectivity index (χ1) is 46.7. The van der Waals surface area contributed by atoms with E-state index in [1.165, 1.54) is 70.6 Å². The highest BCUT2D eigenvalue weighted by molar-refractivity contribution is 7.47. The third-order valence-electron chi connectivity index (χ3n) is 15.8. The predicted molar refractivity (Wildman–Crippen MR) is 390 cm³/mol. The molecule has 0 heterocycles. The number of aliphatic hydroxyl groups is 1. The molecule has 0 bridgehead atoms. The zero-order valence-electron chi connectivity index (χ0n) is 60.5. The summed E-state index contributed by atoms with van der Waals surface area (Å²) in [5, 5.41) is 10.6. The smallest absolute Gasteiger partial charge is 0.462 e. The predicted octanol–water partition coefficient (Wildman–Crippen LogP) is 21.4. The van der Waals surface area contributed by atoms with Gasteiger partial charge in [-0.05, 0) is 109 Å². The van der Waals surface area contributed by atoms with Crippen molar-refractivity contribution in [3.8, 4) is 0 Å². The third-order valence-corrected chi connectivity index (χ3v) is 17.7. The lowest BCUT2D eigenvalue weighted by Gasteiger charge is -2.21. The molecule has 5 unspecified atom stereocenters. The van der Waals surface area contributed by atoms with Crippen LogP contribution >= 0.6 is 15.6 Å². The molecular weight excluding hydrogens is 1260 g/mol. The van der Waals surface area contributed by atoms with Gasteiger partial charge in [-0.1, -0.05) is 273 Å². The highest BCUT2D eigenvalue weighted by atomic mass is 31.2. The Balaban J connectivity index is 5.30. The topological polar surface area (TPSA) is 237 Å². The van der Waals surface area contributed by atoms with Crippen molar-refractivity contribution in [3.63, 3.8) is 0 Å². The minimum Gasteiger partial charge on any atom is -0.462 e. The van der Waals surface area contributed by atoms with Gasteiger partial charge >= 0.3 is 39.5 Å². The van der Waals surface area contributed by atoms with Crippen LogP contribution in [0.25, 0.3) is 0 Å². The van der Waals surface area contributed by atoms with E-state index in [-0.39, 0.29) is 25.7 Å². The van der Waals surface area contributed by atoms with Crippen LogP contribution in [0.15, 0.2) is 85.1 Å². The number of unbranched alkanes of at least 4 members (excludes halogenated alkanes) is 31. The second-order valence-corrected chi connectivity index (χ2v) is 28.1. The monoisotopic (exact) mass is 1390 g/mol. The van der Waals surface area contributed by atoms with Gasteiger partial charge in [-0.3, -0.25) is 37.3 Å². The van der Waals surface area contributed by atoms with Crippen molar-refractivity contribution in [1.29, 1.82) is 0 Å². The number of aliphatic hydroxyl groups excluding tert-OH is 1. The van der Waals surface area contributed by atoms with Gasteiger partial charge in [0.2, 0.25) is 0 Å². The molecule has 0 aromatic heterocycles. The maximum absolute atomic E-state index is 13.1. The fraction of sp³-hybridized carbons (Fsp3) is 0.766. The molecular formula is C77H136O17P2. The fourth-order valence-electron chi connectivity index (χ4n) is 10.1. The lowest BCUT2D eigenvalue weighted by atomic mass is 10.0. The second-order valence-electron chi connectivity index (χ2n) is 25.2. The van der Waals surface area contributed by atoms with Gasteiger partial charge in [0.25, 0.3) is 0 Å². The summed E-state index contributed by atoms with van der Waals surface area (Å²) in [6, 6.07) is 0. The molecule has 0 aliphatic rings. The molecule has 19 heteroatoms. The number of phosphoric acid groups is 2. The minimum atomic E-state index is -4.98.